The second-order valence-electron chi connectivity index (χ2n) is 5.40. The van der Waals surface area contributed by atoms with E-state index < -0.39 is 0 Å². The maximum Gasteiger partial charge on any atom is 0.0326 e. The lowest BCUT2D eigenvalue weighted by molar-refractivity contribution is 0.386. The maximum atomic E-state index is 3.69. The first-order valence-electron chi connectivity index (χ1n) is 6.64. The summed E-state index contributed by atoms with van der Waals surface area (Å²) >= 11 is 0. The number of hydrogen-bond acceptors (Lipinski definition) is 2. The highest BCUT2D eigenvalue weighted by Crippen LogP contribution is 2.31. The molecule has 2 heteroatoms. The molecular weight excluding hydrogens is 208 g/mol. The second-order valence-corrected chi connectivity index (χ2v) is 5.40. The average molecular weight is 232 g/mol. The predicted octanol–water partition coefficient (Wildman–Crippen LogP) is 2.52. The van der Waals surface area contributed by atoms with Gasteiger partial charge in [-0.15, -0.1) is 0 Å². The zero-order valence-corrected chi connectivity index (χ0v) is 11.3. The van der Waals surface area contributed by atoms with Gasteiger partial charge < -0.3 is 10.2 Å². The molecule has 2 rings (SSSR count). The Hall–Kier alpha value is -0.860. The summed E-state index contributed by atoms with van der Waals surface area (Å²) in [7, 11) is 4.27. The van der Waals surface area contributed by atoms with Gasteiger partial charge in [0.1, 0.15) is 0 Å². The molecule has 1 aliphatic carbocycles. The summed E-state index contributed by atoms with van der Waals surface area (Å²) in [6, 6.07) is 7.47. The summed E-state index contributed by atoms with van der Waals surface area (Å²) in [5.41, 5.74) is 4.46. The summed E-state index contributed by atoms with van der Waals surface area (Å²) in [6.45, 7) is 4.47. The van der Waals surface area contributed by atoms with Gasteiger partial charge in [-0.05, 0) is 64.5 Å². The Morgan fingerprint density at radius 3 is 2.94 bits per heavy atom. The van der Waals surface area contributed by atoms with Crippen molar-refractivity contribution >= 4 is 0 Å². The molecule has 0 heterocycles. The molecule has 1 N–H and O–H groups in total. The van der Waals surface area contributed by atoms with Gasteiger partial charge in [-0.1, -0.05) is 23.8 Å². The van der Waals surface area contributed by atoms with Crippen LogP contribution in [0, 0.1) is 6.92 Å². The van der Waals surface area contributed by atoms with Crippen LogP contribution in [0.2, 0.25) is 0 Å². The molecule has 0 fully saturated rings. The fraction of sp³-hybridized carbons (Fsp3) is 0.600. The molecule has 0 amide bonds. The summed E-state index contributed by atoms with van der Waals surface area (Å²) in [5, 5.41) is 3.69. The zero-order chi connectivity index (χ0) is 12.3. The fourth-order valence-electron chi connectivity index (χ4n) is 2.61. The van der Waals surface area contributed by atoms with Crippen molar-refractivity contribution in [1.82, 2.24) is 10.2 Å². The lowest BCUT2D eigenvalue weighted by Gasteiger charge is -2.16. The molecule has 0 aromatic heterocycles. The van der Waals surface area contributed by atoms with E-state index in [2.05, 4.69) is 49.4 Å². The Bertz CT molecular complexity index is 371. The molecule has 0 spiro atoms. The Balaban J connectivity index is 1.86. The van der Waals surface area contributed by atoms with Gasteiger partial charge >= 0.3 is 0 Å². The minimum absolute atomic E-state index is 0.590. The number of hydrogen-bond donors (Lipinski definition) is 1. The molecule has 94 valence electrons. The Kier molecular flexibility index (Phi) is 4.19. The van der Waals surface area contributed by atoms with Crippen molar-refractivity contribution in [2.24, 2.45) is 0 Å². The SMILES string of the molecule is Cc1ccc2c(c1)C(NCCCN(C)C)CC2. The Morgan fingerprint density at radius 2 is 2.18 bits per heavy atom. The van der Waals surface area contributed by atoms with Gasteiger partial charge in [0.15, 0.2) is 0 Å². The van der Waals surface area contributed by atoms with Crippen LogP contribution in [0.1, 0.15) is 35.6 Å². The third kappa shape index (κ3) is 3.30. The van der Waals surface area contributed by atoms with Gasteiger partial charge in [-0.25, -0.2) is 0 Å². The van der Waals surface area contributed by atoms with Crippen molar-refractivity contribution in [3.8, 4) is 0 Å². The largest absolute Gasteiger partial charge is 0.310 e. The maximum absolute atomic E-state index is 3.69. The Morgan fingerprint density at radius 1 is 1.35 bits per heavy atom. The highest BCUT2D eigenvalue weighted by atomic mass is 15.1. The number of nitrogens with one attached hydrogen (secondary N) is 1. The van der Waals surface area contributed by atoms with E-state index in [1.807, 2.05) is 0 Å². The van der Waals surface area contributed by atoms with Crippen molar-refractivity contribution in [3.05, 3.63) is 34.9 Å². The van der Waals surface area contributed by atoms with Gasteiger partial charge in [0.25, 0.3) is 0 Å². The van der Waals surface area contributed by atoms with Crippen molar-refractivity contribution in [2.45, 2.75) is 32.2 Å². The lowest BCUT2D eigenvalue weighted by atomic mass is 10.1. The lowest BCUT2D eigenvalue weighted by Crippen LogP contribution is -2.24. The normalized spacial score (nSPS) is 18.7. The third-order valence-corrected chi connectivity index (χ3v) is 3.55. The topological polar surface area (TPSA) is 15.3 Å². The molecule has 2 nitrogen and oxygen atoms in total. The van der Waals surface area contributed by atoms with Crippen LogP contribution in [0.3, 0.4) is 0 Å². The summed E-state index contributed by atoms with van der Waals surface area (Å²) in [4.78, 5) is 2.24. The van der Waals surface area contributed by atoms with Crippen molar-refractivity contribution in [2.75, 3.05) is 27.2 Å². The smallest absolute Gasteiger partial charge is 0.0326 e. The van der Waals surface area contributed by atoms with Gasteiger partial charge in [-0.3, -0.25) is 0 Å². The van der Waals surface area contributed by atoms with Gasteiger partial charge in [0.05, 0.1) is 0 Å². The minimum atomic E-state index is 0.590. The molecule has 17 heavy (non-hydrogen) atoms. The van der Waals surface area contributed by atoms with E-state index in [0.29, 0.717) is 6.04 Å². The molecule has 0 saturated carbocycles. The zero-order valence-electron chi connectivity index (χ0n) is 11.3. The standard InChI is InChI=1S/C15H24N2/c1-12-5-6-13-7-8-15(14(13)11-12)16-9-4-10-17(2)3/h5-6,11,15-16H,4,7-10H2,1-3H3. The van der Waals surface area contributed by atoms with Crippen molar-refractivity contribution in [1.29, 1.82) is 0 Å². The van der Waals surface area contributed by atoms with E-state index >= 15 is 0 Å². The number of aryl methyl sites for hydroxylation is 2. The molecule has 1 aromatic rings. The van der Waals surface area contributed by atoms with E-state index in [4.69, 9.17) is 0 Å². The second kappa shape index (κ2) is 5.65. The summed E-state index contributed by atoms with van der Waals surface area (Å²) in [5.74, 6) is 0. The highest BCUT2D eigenvalue weighted by Gasteiger charge is 2.21. The van der Waals surface area contributed by atoms with E-state index in [1.54, 1.807) is 5.56 Å². The Labute approximate surface area is 105 Å². The number of nitrogens with zero attached hydrogens (tertiary/aromatic N) is 1. The first-order valence-corrected chi connectivity index (χ1v) is 6.64. The van der Waals surface area contributed by atoms with E-state index in [-0.39, 0.29) is 0 Å². The first-order chi connectivity index (χ1) is 8.16. The predicted molar refractivity (Wildman–Crippen MR) is 73.4 cm³/mol. The number of fused-ring (bicyclic) bond motifs is 1. The third-order valence-electron chi connectivity index (χ3n) is 3.55. The molecule has 0 bridgehead atoms. The molecule has 0 aliphatic heterocycles. The molecule has 0 radical (unpaired) electrons. The average Bonchev–Trinajstić information content (AvgIpc) is 2.67. The van der Waals surface area contributed by atoms with Crippen molar-refractivity contribution < 1.29 is 0 Å². The number of benzene rings is 1. The number of rotatable bonds is 5. The van der Waals surface area contributed by atoms with Crippen LogP contribution in [0.15, 0.2) is 18.2 Å². The monoisotopic (exact) mass is 232 g/mol. The van der Waals surface area contributed by atoms with Crippen molar-refractivity contribution in [3.63, 3.8) is 0 Å². The summed E-state index contributed by atoms with van der Waals surface area (Å²) < 4.78 is 0. The van der Waals surface area contributed by atoms with Crippen LogP contribution < -0.4 is 5.32 Å². The molecule has 0 saturated heterocycles. The molecule has 1 unspecified atom stereocenters. The van der Waals surface area contributed by atoms with Crippen LogP contribution >= 0.6 is 0 Å². The minimum Gasteiger partial charge on any atom is -0.310 e. The fourth-order valence-corrected chi connectivity index (χ4v) is 2.61. The van der Waals surface area contributed by atoms with Gasteiger partial charge in [-0.2, -0.15) is 0 Å². The van der Waals surface area contributed by atoms with E-state index in [9.17, 15) is 0 Å². The first kappa shape index (κ1) is 12.6. The van der Waals surface area contributed by atoms with Crippen LogP contribution in [-0.2, 0) is 6.42 Å². The molecule has 1 atom stereocenters. The van der Waals surface area contributed by atoms with Crippen LogP contribution in [0.25, 0.3) is 0 Å². The quantitative estimate of drug-likeness (QED) is 0.785. The molecule has 1 aromatic carbocycles. The van der Waals surface area contributed by atoms with Crippen LogP contribution in [0.5, 0.6) is 0 Å². The summed E-state index contributed by atoms with van der Waals surface area (Å²) in [6.07, 6.45) is 3.73. The van der Waals surface area contributed by atoms with E-state index in [1.165, 1.54) is 36.9 Å². The molecule has 1 aliphatic rings. The van der Waals surface area contributed by atoms with Crippen LogP contribution in [0.4, 0.5) is 0 Å². The van der Waals surface area contributed by atoms with E-state index in [0.717, 1.165) is 6.54 Å². The van der Waals surface area contributed by atoms with Gasteiger partial charge in [0, 0.05) is 6.04 Å². The van der Waals surface area contributed by atoms with Gasteiger partial charge in [0.2, 0.25) is 0 Å². The van der Waals surface area contributed by atoms with Crippen LogP contribution in [-0.4, -0.2) is 32.1 Å². The highest BCUT2D eigenvalue weighted by molar-refractivity contribution is 5.37. The molecular formula is C15H24N2.